The lowest BCUT2D eigenvalue weighted by Crippen LogP contribution is -2.00. The van der Waals surface area contributed by atoms with Crippen molar-refractivity contribution in [2.75, 3.05) is 0 Å². The van der Waals surface area contributed by atoms with E-state index < -0.39 is 22.9 Å². The van der Waals surface area contributed by atoms with Crippen LogP contribution in [0.5, 0.6) is 0 Å². The second kappa shape index (κ2) is 3.23. The quantitative estimate of drug-likeness (QED) is 0.857. The molecule has 0 saturated heterocycles. The lowest BCUT2D eigenvalue weighted by molar-refractivity contribution is -0.138. The highest BCUT2D eigenvalue weighted by Crippen LogP contribution is 2.51. The Bertz CT molecular complexity index is 396. The Hall–Kier alpha value is -1.04. The van der Waals surface area contributed by atoms with Crippen molar-refractivity contribution in [2.24, 2.45) is 5.92 Å². The summed E-state index contributed by atoms with van der Waals surface area (Å²) in [4.78, 5) is 10.4. The van der Waals surface area contributed by atoms with Gasteiger partial charge in [0, 0.05) is 10.8 Å². The van der Waals surface area contributed by atoms with E-state index in [4.69, 9.17) is 5.11 Å². The molecule has 2 unspecified atom stereocenters. The number of carboxylic acid groups (broad SMARTS) is 1. The summed E-state index contributed by atoms with van der Waals surface area (Å²) in [6, 6.07) is 2.39. The van der Waals surface area contributed by atoms with E-state index in [1.54, 1.807) is 0 Å². The Morgan fingerprint density at radius 3 is 2.53 bits per heavy atom. The molecule has 1 saturated carbocycles. The minimum Gasteiger partial charge on any atom is -0.481 e. The predicted octanol–water partition coefficient (Wildman–Crippen LogP) is 2.96. The molecule has 0 spiro atoms. The summed E-state index contributed by atoms with van der Waals surface area (Å²) < 4.78 is 36.7. The van der Waals surface area contributed by atoms with Crippen molar-refractivity contribution < 1.29 is 23.1 Å². The lowest BCUT2D eigenvalue weighted by Gasteiger charge is -2.00. The Labute approximate surface area is 87.3 Å². The third-order valence-corrected chi connectivity index (χ3v) is 3.64. The average Bonchev–Trinajstić information content (AvgIpc) is 2.74. The van der Waals surface area contributed by atoms with Crippen LogP contribution in [0.3, 0.4) is 0 Å². The van der Waals surface area contributed by atoms with Gasteiger partial charge in [0.2, 0.25) is 0 Å². The number of halogens is 3. The molecule has 0 aromatic carbocycles. The van der Waals surface area contributed by atoms with Gasteiger partial charge in [-0.15, -0.1) is 11.3 Å². The molecule has 2 nitrogen and oxygen atoms in total. The second-order valence-electron chi connectivity index (χ2n) is 3.49. The van der Waals surface area contributed by atoms with Crippen molar-refractivity contribution in [1.29, 1.82) is 0 Å². The number of alkyl halides is 3. The number of thiophene rings is 1. The maximum Gasteiger partial charge on any atom is 0.425 e. The zero-order valence-corrected chi connectivity index (χ0v) is 8.23. The van der Waals surface area contributed by atoms with E-state index in [1.807, 2.05) is 0 Å². The smallest absolute Gasteiger partial charge is 0.425 e. The van der Waals surface area contributed by atoms with Gasteiger partial charge < -0.3 is 5.11 Å². The zero-order chi connectivity index (χ0) is 11.2. The first-order chi connectivity index (χ1) is 6.89. The van der Waals surface area contributed by atoms with E-state index in [2.05, 4.69) is 0 Å². The minimum atomic E-state index is -4.32. The van der Waals surface area contributed by atoms with Crippen LogP contribution in [0.15, 0.2) is 12.1 Å². The van der Waals surface area contributed by atoms with Crippen LogP contribution in [0.2, 0.25) is 0 Å². The SMILES string of the molecule is O=C(O)C1CC1c1ccc(C(F)(F)F)s1. The molecular weight excluding hydrogens is 229 g/mol. The van der Waals surface area contributed by atoms with Crippen LogP contribution in [0.1, 0.15) is 22.1 Å². The number of rotatable bonds is 2. The van der Waals surface area contributed by atoms with Crippen molar-refractivity contribution >= 4 is 17.3 Å². The van der Waals surface area contributed by atoms with E-state index in [0.717, 1.165) is 6.07 Å². The topological polar surface area (TPSA) is 37.3 Å². The molecule has 0 amide bonds. The first-order valence-electron chi connectivity index (χ1n) is 4.29. The molecule has 1 N–H and O–H groups in total. The van der Waals surface area contributed by atoms with Gasteiger partial charge in [0.25, 0.3) is 0 Å². The van der Waals surface area contributed by atoms with Crippen LogP contribution in [-0.2, 0) is 11.0 Å². The Morgan fingerprint density at radius 2 is 2.13 bits per heavy atom. The van der Waals surface area contributed by atoms with Gasteiger partial charge in [0.15, 0.2) is 0 Å². The average molecular weight is 236 g/mol. The maximum atomic E-state index is 12.2. The highest BCUT2D eigenvalue weighted by atomic mass is 32.1. The molecule has 2 atom stereocenters. The molecule has 1 aromatic rings. The lowest BCUT2D eigenvalue weighted by atomic mass is 10.2. The molecule has 82 valence electrons. The summed E-state index contributed by atoms with van der Waals surface area (Å²) in [6.07, 6.45) is -3.87. The molecule has 1 aliphatic rings. The Kier molecular flexibility index (Phi) is 2.26. The summed E-state index contributed by atoms with van der Waals surface area (Å²) in [5.74, 6) is -1.64. The number of aliphatic carboxylic acids is 1. The number of carbonyl (C=O) groups is 1. The normalized spacial score (nSPS) is 25.3. The van der Waals surface area contributed by atoms with Crippen molar-refractivity contribution in [1.82, 2.24) is 0 Å². The highest BCUT2D eigenvalue weighted by molar-refractivity contribution is 7.12. The molecule has 1 heterocycles. The third-order valence-electron chi connectivity index (χ3n) is 2.38. The van der Waals surface area contributed by atoms with Gasteiger partial charge in [-0.3, -0.25) is 4.79 Å². The van der Waals surface area contributed by atoms with E-state index in [-0.39, 0.29) is 5.92 Å². The summed E-state index contributed by atoms with van der Waals surface area (Å²) >= 11 is 0.643. The summed E-state index contributed by atoms with van der Waals surface area (Å²) in [6.45, 7) is 0. The zero-order valence-electron chi connectivity index (χ0n) is 7.41. The fraction of sp³-hybridized carbons (Fsp3) is 0.444. The number of carboxylic acids is 1. The molecule has 1 aliphatic carbocycles. The van der Waals surface area contributed by atoms with Gasteiger partial charge in [-0.05, 0) is 18.6 Å². The Balaban J connectivity index is 2.13. The van der Waals surface area contributed by atoms with Gasteiger partial charge in [0.1, 0.15) is 4.88 Å². The molecule has 15 heavy (non-hydrogen) atoms. The second-order valence-corrected chi connectivity index (χ2v) is 4.60. The molecule has 1 fully saturated rings. The van der Waals surface area contributed by atoms with Gasteiger partial charge in [0.05, 0.1) is 5.92 Å². The van der Waals surface area contributed by atoms with Crippen LogP contribution in [0, 0.1) is 5.92 Å². The molecule has 0 aliphatic heterocycles. The van der Waals surface area contributed by atoms with Crippen molar-refractivity contribution in [2.45, 2.75) is 18.5 Å². The minimum absolute atomic E-state index is 0.219. The van der Waals surface area contributed by atoms with Crippen molar-refractivity contribution in [3.05, 3.63) is 21.9 Å². The third kappa shape index (κ3) is 1.99. The van der Waals surface area contributed by atoms with E-state index in [9.17, 15) is 18.0 Å². The van der Waals surface area contributed by atoms with Crippen LogP contribution in [0.25, 0.3) is 0 Å². The first-order valence-corrected chi connectivity index (χ1v) is 5.11. The molecule has 0 radical (unpaired) electrons. The molecule has 0 bridgehead atoms. The van der Waals surface area contributed by atoms with Gasteiger partial charge >= 0.3 is 12.1 Å². The first kappa shape index (κ1) is 10.5. The standard InChI is InChI=1S/C9H7F3O2S/c10-9(11,12)7-2-1-6(15-7)4-3-5(4)8(13)14/h1-2,4-5H,3H2,(H,13,14). The van der Waals surface area contributed by atoms with Gasteiger partial charge in [-0.1, -0.05) is 0 Å². The van der Waals surface area contributed by atoms with E-state index in [1.165, 1.54) is 6.07 Å². The fourth-order valence-electron chi connectivity index (χ4n) is 1.49. The van der Waals surface area contributed by atoms with Crippen LogP contribution >= 0.6 is 11.3 Å². The van der Waals surface area contributed by atoms with Crippen LogP contribution < -0.4 is 0 Å². The fourth-order valence-corrected chi connectivity index (χ4v) is 2.54. The molecule has 1 aromatic heterocycles. The molecule has 2 rings (SSSR count). The van der Waals surface area contributed by atoms with E-state index in [0.29, 0.717) is 22.6 Å². The van der Waals surface area contributed by atoms with Crippen LogP contribution in [-0.4, -0.2) is 11.1 Å². The monoisotopic (exact) mass is 236 g/mol. The van der Waals surface area contributed by atoms with Crippen molar-refractivity contribution in [3.63, 3.8) is 0 Å². The number of hydrogen-bond donors (Lipinski definition) is 1. The maximum absolute atomic E-state index is 12.2. The largest absolute Gasteiger partial charge is 0.481 e. The Morgan fingerprint density at radius 1 is 1.47 bits per heavy atom. The van der Waals surface area contributed by atoms with Gasteiger partial charge in [-0.2, -0.15) is 13.2 Å². The van der Waals surface area contributed by atoms with Crippen LogP contribution in [0.4, 0.5) is 13.2 Å². The summed E-state index contributed by atoms with van der Waals surface area (Å²) in [7, 11) is 0. The van der Waals surface area contributed by atoms with E-state index >= 15 is 0 Å². The molecular formula is C9H7F3O2S. The molecule has 6 heteroatoms. The van der Waals surface area contributed by atoms with Crippen molar-refractivity contribution in [3.8, 4) is 0 Å². The highest BCUT2D eigenvalue weighted by Gasteiger charge is 2.46. The van der Waals surface area contributed by atoms with Gasteiger partial charge in [-0.25, -0.2) is 0 Å². The predicted molar refractivity (Wildman–Crippen MR) is 47.8 cm³/mol. The summed E-state index contributed by atoms with van der Waals surface area (Å²) in [5.41, 5.74) is 0. The summed E-state index contributed by atoms with van der Waals surface area (Å²) in [5, 5.41) is 8.63. The number of hydrogen-bond acceptors (Lipinski definition) is 2.